The second-order valence-corrected chi connectivity index (χ2v) is 5.91. The van der Waals surface area contributed by atoms with Crippen molar-refractivity contribution in [3.05, 3.63) is 0 Å². The Bertz CT molecular complexity index is 263. The van der Waals surface area contributed by atoms with Gasteiger partial charge in [0, 0.05) is 13.1 Å². The summed E-state index contributed by atoms with van der Waals surface area (Å²) in [5.41, 5.74) is 0. The van der Waals surface area contributed by atoms with E-state index >= 15 is 0 Å². The fraction of sp³-hybridized carbons (Fsp3) is 1.00. The van der Waals surface area contributed by atoms with Crippen LogP contribution in [-0.4, -0.2) is 42.8 Å². The zero-order valence-electron chi connectivity index (χ0n) is 8.65. The quantitative estimate of drug-likeness (QED) is 0.755. The lowest BCUT2D eigenvalue weighted by Gasteiger charge is -2.27. The maximum atomic E-state index is 11.5. The highest BCUT2D eigenvalue weighted by atomic mass is 32.2. The molecule has 1 aliphatic rings. The third-order valence-corrected chi connectivity index (χ3v) is 4.41. The van der Waals surface area contributed by atoms with Gasteiger partial charge in [-0.15, -0.1) is 0 Å². The molecule has 14 heavy (non-hydrogen) atoms. The van der Waals surface area contributed by atoms with Gasteiger partial charge in [0.25, 0.3) is 0 Å². The van der Waals surface area contributed by atoms with Gasteiger partial charge in [0.15, 0.2) is 0 Å². The molecule has 0 aromatic rings. The molecule has 1 fully saturated rings. The van der Waals surface area contributed by atoms with Gasteiger partial charge in [-0.2, -0.15) is 4.31 Å². The van der Waals surface area contributed by atoms with Crippen molar-refractivity contribution in [3.63, 3.8) is 0 Å². The maximum absolute atomic E-state index is 11.5. The summed E-state index contributed by atoms with van der Waals surface area (Å²) < 4.78 is 24.5. The molecule has 1 heterocycles. The largest absolute Gasteiger partial charge is 0.392 e. The summed E-state index contributed by atoms with van der Waals surface area (Å²) in [6.07, 6.45) is 2.72. The molecule has 0 aromatic heterocycles. The topological polar surface area (TPSA) is 57.6 Å². The summed E-state index contributed by atoms with van der Waals surface area (Å²) >= 11 is 0. The van der Waals surface area contributed by atoms with Crippen LogP contribution in [0.5, 0.6) is 0 Å². The maximum Gasteiger partial charge on any atom is 0.214 e. The van der Waals surface area contributed by atoms with Crippen LogP contribution in [0.3, 0.4) is 0 Å². The predicted octanol–water partition coefficient (Wildman–Crippen LogP) is 0.573. The molecule has 0 spiro atoms. The lowest BCUT2D eigenvalue weighted by atomic mass is 10.2. The first-order valence-electron chi connectivity index (χ1n) is 5.22. The Balaban J connectivity index is 2.49. The molecule has 0 saturated carbocycles. The van der Waals surface area contributed by atoms with Gasteiger partial charge in [-0.25, -0.2) is 8.42 Å². The van der Waals surface area contributed by atoms with Crippen molar-refractivity contribution < 1.29 is 13.5 Å². The van der Waals surface area contributed by atoms with Crippen LogP contribution < -0.4 is 0 Å². The standard InChI is InChI=1S/C9H19NO3S/c1-2-5-9(11)8-10-6-3-4-7-14(10,12)13/h9,11H,2-8H2,1H3. The zero-order chi connectivity index (χ0) is 10.6. The van der Waals surface area contributed by atoms with E-state index in [4.69, 9.17) is 0 Å². The van der Waals surface area contributed by atoms with Crippen LogP contribution in [0, 0.1) is 0 Å². The molecule has 0 bridgehead atoms. The molecular formula is C9H19NO3S. The Hall–Kier alpha value is -0.130. The monoisotopic (exact) mass is 221 g/mol. The normalized spacial score (nSPS) is 24.7. The lowest BCUT2D eigenvalue weighted by Crippen LogP contribution is -2.42. The number of aliphatic hydroxyl groups excluding tert-OH is 1. The van der Waals surface area contributed by atoms with Gasteiger partial charge < -0.3 is 5.11 Å². The molecular weight excluding hydrogens is 202 g/mol. The minimum Gasteiger partial charge on any atom is -0.392 e. The van der Waals surface area contributed by atoms with E-state index < -0.39 is 16.1 Å². The highest BCUT2D eigenvalue weighted by molar-refractivity contribution is 7.89. The third-order valence-electron chi connectivity index (χ3n) is 2.49. The zero-order valence-corrected chi connectivity index (χ0v) is 9.46. The van der Waals surface area contributed by atoms with Crippen LogP contribution in [0.25, 0.3) is 0 Å². The van der Waals surface area contributed by atoms with Gasteiger partial charge in [0.2, 0.25) is 10.0 Å². The second-order valence-electron chi connectivity index (χ2n) is 3.82. The SMILES string of the molecule is CCCC(O)CN1CCCCS1(=O)=O. The van der Waals surface area contributed by atoms with E-state index in [-0.39, 0.29) is 12.3 Å². The first kappa shape index (κ1) is 11.9. The molecule has 1 atom stereocenters. The van der Waals surface area contributed by atoms with Crippen LogP contribution in [-0.2, 0) is 10.0 Å². The van der Waals surface area contributed by atoms with Gasteiger partial charge in [-0.3, -0.25) is 0 Å². The number of hydrogen-bond donors (Lipinski definition) is 1. The molecule has 5 heteroatoms. The number of β-amino-alcohol motifs (C(OH)–C–C–N with tert-alkyl or cyclic N) is 1. The Morgan fingerprint density at radius 3 is 2.71 bits per heavy atom. The summed E-state index contributed by atoms with van der Waals surface area (Å²) in [5.74, 6) is 0.242. The summed E-state index contributed by atoms with van der Waals surface area (Å²) in [6, 6.07) is 0. The molecule has 84 valence electrons. The smallest absolute Gasteiger partial charge is 0.214 e. The van der Waals surface area contributed by atoms with Crippen molar-refractivity contribution in [2.45, 2.75) is 38.7 Å². The average molecular weight is 221 g/mol. The molecule has 1 aliphatic heterocycles. The van der Waals surface area contributed by atoms with E-state index in [1.54, 1.807) is 0 Å². The van der Waals surface area contributed by atoms with Gasteiger partial charge in [0.05, 0.1) is 11.9 Å². The fourth-order valence-corrected chi connectivity index (χ4v) is 3.34. The summed E-state index contributed by atoms with van der Waals surface area (Å²) in [4.78, 5) is 0. The highest BCUT2D eigenvalue weighted by Gasteiger charge is 2.26. The van der Waals surface area contributed by atoms with Gasteiger partial charge >= 0.3 is 0 Å². The molecule has 1 saturated heterocycles. The Morgan fingerprint density at radius 1 is 1.43 bits per heavy atom. The number of sulfonamides is 1. The van der Waals surface area contributed by atoms with Crippen LogP contribution in [0.2, 0.25) is 0 Å². The minimum absolute atomic E-state index is 0.242. The first-order chi connectivity index (χ1) is 6.56. The number of rotatable bonds is 4. The predicted molar refractivity (Wildman–Crippen MR) is 55.5 cm³/mol. The fourth-order valence-electron chi connectivity index (χ4n) is 1.71. The van der Waals surface area contributed by atoms with Crippen molar-refractivity contribution in [2.24, 2.45) is 0 Å². The van der Waals surface area contributed by atoms with Crippen LogP contribution in [0.1, 0.15) is 32.6 Å². The third kappa shape index (κ3) is 3.22. The van der Waals surface area contributed by atoms with E-state index in [2.05, 4.69) is 0 Å². The molecule has 0 amide bonds. The van der Waals surface area contributed by atoms with Crippen LogP contribution >= 0.6 is 0 Å². The lowest BCUT2D eigenvalue weighted by molar-refractivity contribution is 0.134. The average Bonchev–Trinajstić information content (AvgIpc) is 2.09. The van der Waals surface area contributed by atoms with E-state index in [1.807, 2.05) is 6.92 Å². The van der Waals surface area contributed by atoms with Crippen LogP contribution in [0.15, 0.2) is 0 Å². The van der Waals surface area contributed by atoms with E-state index in [0.717, 1.165) is 19.3 Å². The number of hydrogen-bond acceptors (Lipinski definition) is 3. The molecule has 0 aromatic carbocycles. The molecule has 4 nitrogen and oxygen atoms in total. The Labute approximate surface area is 86.0 Å². The summed E-state index contributed by atoms with van der Waals surface area (Å²) in [5, 5.41) is 9.53. The highest BCUT2D eigenvalue weighted by Crippen LogP contribution is 2.14. The van der Waals surface area contributed by atoms with Crippen molar-refractivity contribution >= 4 is 10.0 Å². The van der Waals surface area contributed by atoms with E-state index in [9.17, 15) is 13.5 Å². The minimum atomic E-state index is -3.06. The number of nitrogens with zero attached hydrogens (tertiary/aromatic N) is 1. The molecule has 1 rings (SSSR count). The van der Waals surface area contributed by atoms with Crippen molar-refractivity contribution in [1.29, 1.82) is 0 Å². The van der Waals surface area contributed by atoms with Gasteiger partial charge in [0.1, 0.15) is 0 Å². The van der Waals surface area contributed by atoms with E-state index in [0.29, 0.717) is 13.0 Å². The molecule has 0 aliphatic carbocycles. The molecule has 1 unspecified atom stereocenters. The number of aliphatic hydroxyl groups is 1. The van der Waals surface area contributed by atoms with Gasteiger partial charge in [-0.05, 0) is 19.3 Å². The van der Waals surface area contributed by atoms with Crippen LogP contribution in [0.4, 0.5) is 0 Å². The molecule has 1 N–H and O–H groups in total. The Morgan fingerprint density at radius 2 is 2.14 bits per heavy atom. The summed E-state index contributed by atoms with van der Waals surface area (Å²) in [6.45, 7) is 2.83. The summed E-state index contributed by atoms with van der Waals surface area (Å²) in [7, 11) is -3.06. The van der Waals surface area contributed by atoms with Gasteiger partial charge in [-0.1, -0.05) is 13.3 Å². The second kappa shape index (κ2) is 5.09. The molecule has 0 radical (unpaired) electrons. The van der Waals surface area contributed by atoms with Crippen molar-refractivity contribution in [1.82, 2.24) is 4.31 Å². The van der Waals surface area contributed by atoms with E-state index in [1.165, 1.54) is 4.31 Å². The first-order valence-corrected chi connectivity index (χ1v) is 6.83. The Kier molecular flexibility index (Phi) is 4.34. The van der Waals surface area contributed by atoms with Crippen molar-refractivity contribution in [3.8, 4) is 0 Å². The van der Waals surface area contributed by atoms with Crippen molar-refractivity contribution in [2.75, 3.05) is 18.8 Å².